The molecule has 0 unspecified atom stereocenters. The van der Waals surface area contributed by atoms with Gasteiger partial charge in [0.05, 0.1) is 18.6 Å². The molecule has 0 radical (unpaired) electrons. The number of amides is 1. The molecule has 0 aromatic carbocycles. The molecule has 136 valence electrons. The van der Waals surface area contributed by atoms with Gasteiger partial charge in [-0.3, -0.25) is 4.79 Å². The fraction of sp³-hybridized carbons (Fsp3) is 0.556. The largest absolute Gasteiger partial charge is 0.465 e. The first-order valence-corrected chi connectivity index (χ1v) is 9.91. The van der Waals surface area contributed by atoms with Crippen molar-refractivity contribution in [3.8, 4) is 0 Å². The Morgan fingerprint density at radius 3 is 2.60 bits per heavy atom. The van der Waals surface area contributed by atoms with Gasteiger partial charge in [-0.2, -0.15) is 0 Å². The summed E-state index contributed by atoms with van der Waals surface area (Å²) in [7, 11) is 1.37. The predicted octanol–water partition coefficient (Wildman–Crippen LogP) is 4.94. The van der Waals surface area contributed by atoms with E-state index in [1.54, 1.807) is 6.08 Å². The van der Waals surface area contributed by atoms with Gasteiger partial charge in [0, 0.05) is 4.88 Å². The maximum atomic E-state index is 12.8. The number of fused-ring (bicyclic) bond motifs is 1. The van der Waals surface area contributed by atoms with Crippen LogP contribution in [-0.4, -0.2) is 19.0 Å². The average molecular weight is 402 g/mol. The van der Waals surface area contributed by atoms with E-state index >= 15 is 0 Å². The molecule has 7 heteroatoms. The summed E-state index contributed by atoms with van der Waals surface area (Å²) in [5.74, 6) is -0.715. The Balaban J connectivity index is 1.86. The Labute approximate surface area is 161 Å². The first-order chi connectivity index (χ1) is 11.8. The lowest BCUT2D eigenvalue weighted by Crippen LogP contribution is -2.18. The van der Waals surface area contributed by atoms with Crippen molar-refractivity contribution in [2.24, 2.45) is 17.3 Å². The molecule has 2 aliphatic rings. The number of carbonyl (C=O) groups excluding carboxylic acids is 2. The van der Waals surface area contributed by atoms with E-state index in [0.717, 1.165) is 31.2 Å². The lowest BCUT2D eigenvalue weighted by atomic mass is 9.95. The molecule has 1 saturated carbocycles. The number of nitrogens with one attached hydrogen (secondary N) is 1. The molecular formula is C18H21Cl2NO3S. The number of methoxy groups -OCH3 is 1. The summed E-state index contributed by atoms with van der Waals surface area (Å²) in [6, 6.07) is 0. The molecule has 1 aromatic rings. The van der Waals surface area contributed by atoms with Crippen LogP contribution in [0.5, 0.6) is 0 Å². The topological polar surface area (TPSA) is 55.4 Å². The summed E-state index contributed by atoms with van der Waals surface area (Å²) >= 11 is 13.0. The van der Waals surface area contributed by atoms with E-state index in [-0.39, 0.29) is 33.6 Å². The summed E-state index contributed by atoms with van der Waals surface area (Å²) in [5.41, 5.74) is 1.35. The second kappa shape index (κ2) is 6.93. The highest BCUT2D eigenvalue weighted by atomic mass is 35.5. The van der Waals surface area contributed by atoms with E-state index in [1.165, 1.54) is 23.3 Å². The maximum Gasteiger partial charge on any atom is 0.341 e. The molecule has 0 aliphatic heterocycles. The Morgan fingerprint density at radius 1 is 1.28 bits per heavy atom. The normalized spacial score (nSPS) is 23.4. The number of aryl methyl sites for hydroxylation is 1. The first-order valence-electron chi connectivity index (χ1n) is 8.34. The number of anilines is 1. The summed E-state index contributed by atoms with van der Waals surface area (Å²) in [6.45, 7) is 4.02. The van der Waals surface area contributed by atoms with Crippen LogP contribution in [0, 0.1) is 17.3 Å². The quantitative estimate of drug-likeness (QED) is 0.726. The maximum absolute atomic E-state index is 12.8. The van der Waals surface area contributed by atoms with E-state index < -0.39 is 0 Å². The van der Waals surface area contributed by atoms with Crippen molar-refractivity contribution < 1.29 is 14.3 Å². The van der Waals surface area contributed by atoms with E-state index in [9.17, 15) is 9.59 Å². The van der Waals surface area contributed by atoms with Crippen LogP contribution in [-0.2, 0) is 22.4 Å². The Kier molecular flexibility index (Phi) is 5.20. The molecule has 2 atom stereocenters. The molecule has 4 nitrogen and oxygen atoms in total. The minimum Gasteiger partial charge on any atom is -0.465 e. The molecule has 0 saturated heterocycles. The van der Waals surface area contributed by atoms with Gasteiger partial charge in [0.1, 0.15) is 9.49 Å². The summed E-state index contributed by atoms with van der Waals surface area (Å²) in [4.78, 5) is 26.2. The molecule has 1 amide bonds. The van der Waals surface area contributed by atoms with Crippen molar-refractivity contribution in [1.29, 1.82) is 0 Å². The third-order valence-corrected chi connectivity index (χ3v) is 6.76. The third-order valence-electron chi connectivity index (χ3n) is 5.30. The second-order valence-corrected chi connectivity index (χ2v) is 9.29. The van der Waals surface area contributed by atoms with Crippen LogP contribution in [0.25, 0.3) is 0 Å². The number of carbonyl (C=O) groups is 2. The van der Waals surface area contributed by atoms with Crippen molar-refractivity contribution in [1.82, 2.24) is 0 Å². The fourth-order valence-electron chi connectivity index (χ4n) is 3.79. The third kappa shape index (κ3) is 3.46. The van der Waals surface area contributed by atoms with Crippen LogP contribution < -0.4 is 5.32 Å². The summed E-state index contributed by atoms with van der Waals surface area (Å²) in [6.07, 6.45) is 5.68. The fourth-order valence-corrected chi connectivity index (χ4v) is 5.34. The van der Waals surface area contributed by atoms with Crippen molar-refractivity contribution in [3.05, 3.63) is 26.6 Å². The number of halogens is 2. The first kappa shape index (κ1) is 18.7. The van der Waals surface area contributed by atoms with Crippen molar-refractivity contribution >= 4 is 51.4 Å². The molecule has 1 fully saturated rings. The highest BCUT2D eigenvalue weighted by Crippen LogP contribution is 2.60. The van der Waals surface area contributed by atoms with Gasteiger partial charge in [0.25, 0.3) is 0 Å². The number of hydrogen-bond acceptors (Lipinski definition) is 4. The Hall–Kier alpha value is -1.04. The predicted molar refractivity (Wildman–Crippen MR) is 101 cm³/mol. The number of thiophene rings is 1. The highest BCUT2D eigenvalue weighted by molar-refractivity contribution is 7.17. The molecule has 2 aliphatic carbocycles. The van der Waals surface area contributed by atoms with E-state index in [1.807, 2.05) is 13.8 Å². The van der Waals surface area contributed by atoms with Crippen LogP contribution >= 0.6 is 34.5 Å². The smallest absolute Gasteiger partial charge is 0.341 e. The lowest BCUT2D eigenvalue weighted by molar-refractivity contribution is -0.118. The van der Waals surface area contributed by atoms with Crippen LogP contribution in [0.2, 0.25) is 0 Å². The van der Waals surface area contributed by atoms with Gasteiger partial charge in [-0.05, 0) is 48.7 Å². The van der Waals surface area contributed by atoms with Gasteiger partial charge in [-0.15, -0.1) is 11.3 Å². The second-order valence-electron chi connectivity index (χ2n) is 7.18. The standard InChI is InChI=1S/C18H21Cl2NO3S/c1-18(2)10(8-12(19)20)14(18)15(22)21-16-13(17(23)24-3)9-6-4-5-7-11(9)25-16/h8,10,14H,4-7H2,1-3H3,(H,21,22)/t10-,14-/m1/s1. The number of ether oxygens (including phenoxy) is 1. The number of esters is 1. The molecule has 1 aromatic heterocycles. The zero-order chi connectivity index (χ0) is 18.4. The van der Waals surface area contributed by atoms with Gasteiger partial charge in [0.15, 0.2) is 0 Å². The molecule has 0 bridgehead atoms. The van der Waals surface area contributed by atoms with Gasteiger partial charge in [-0.1, -0.05) is 37.0 Å². The van der Waals surface area contributed by atoms with Gasteiger partial charge in [-0.25, -0.2) is 4.79 Å². The monoisotopic (exact) mass is 401 g/mol. The number of hydrogen-bond donors (Lipinski definition) is 1. The molecule has 25 heavy (non-hydrogen) atoms. The van der Waals surface area contributed by atoms with Crippen LogP contribution in [0.4, 0.5) is 5.00 Å². The minimum absolute atomic E-state index is 0.00587. The lowest BCUT2D eigenvalue weighted by Gasteiger charge is -2.11. The van der Waals surface area contributed by atoms with Crippen molar-refractivity contribution in [2.75, 3.05) is 12.4 Å². The van der Waals surface area contributed by atoms with Crippen molar-refractivity contribution in [2.45, 2.75) is 39.5 Å². The SMILES string of the molecule is COC(=O)c1c(NC(=O)[C@H]2[C@@H](C=C(Cl)Cl)C2(C)C)sc2c1CCCC2. The highest BCUT2D eigenvalue weighted by Gasteiger charge is 2.60. The van der Waals surface area contributed by atoms with Crippen LogP contribution in [0.15, 0.2) is 10.6 Å². The molecule has 1 heterocycles. The number of allylic oxidation sites excluding steroid dienone is 1. The van der Waals surface area contributed by atoms with Crippen LogP contribution in [0.1, 0.15) is 47.5 Å². The van der Waals surface area contributed by atoms with E-state index in [0.29, 0.717) is 10.6 Å². The van der Waals surface area contributed by atoms with E-state index in [4.69, 9.17) is 27.9 Å². The van der Waals surface area contributed by atoms with Gasteiger partial charge >= 0.3 is 5.97 Å². The average Bonchev–Trinajstić information content (AvgIpc) is 2.90. The Bertz CT molecular complexity index is 750. The molecular weight excluding hydrogens is 381 g/mol. The van der Waals surface area contributed by atoms with Crippen LogP contribution in [0.3, 0.4) is 0 Å². The van der Waals surface area contributed by atoms with Crippen molar-refractivity contribution in [3.63, 3.8) is 0 Å². The Morgan fingerprint density at radius 2 is 1.96 bits per heavy atom. The zero-order valence-corrected chi connectivity index (χ0v) is 16.8. The van der Waals surface area contributed by atoms with E-state index in [2.05, 4.69) is 5.32 Å². The number of rotatable bonds is 4. The summed E-state index contributed by atoms with van der Waals surface area (Å²) in [5, 5.41) is 3.57. The molecule has 1 N–H and O–H groups in total. The van der Waals surface area contributed by atoms with Gasteiger partial charge < -0.3 is 10.1 Å². The van der Waals surface area contributed by atoms with Gasteiger partial charge in [0.2, 0.25) is 5.91 Å². The minimum atomic E-state index is -0.384. The molecule has 3 rings (SSSR count). The molecule has 0 spiro atoms. The zero-order valence-electron chi connectivity index (χ0n) is 14.4. The summed E-state index contributed by atoms with van der Waals surface area (Å²) < 4.78 is 5.12.